The topological polar surface area (TPSA) is 105 Å². The van der Waals surface area contributed by atoms with E-state index in [0.717, 1.165) is 6.42 Å². The SMILES string of the molecule is COC(=O)C(C)Nc1ccccc1C(=O)[C@H](CC(=O)O)NCCC(C)(C)C. The zero-order valence-corrected chi connectivity index (χ0v) is 16.7. The highest BCUT2D eigenvalue weighted by Crippen LogP contribution is 2.21. The van der Waals surface area contributed by atoms with Gasteiger partial charge < -0.3 is 20.5 Å². The minimum Gasteiger partial charge on any atom is -0.481 e. The number of hydrogen-bond acceptors (Lipinski definition) is 6. The van der Waals surface area contributed by atoms with E-state index in [1.54, 1.807) is 31.2 Å². The molecule has 0 spiro atoms. The largest absolute Gasteiger partial charge is 0.481 e. The summed E-state index contributed by atoms with van der Waals surface area (Å²) in [6.07, 6.45) is 0.486. The molecule has 0 aliphatic rings. The fourth-order valence-corrected chi connectivity index (χ4v) is 2.53. The maximum absolute atomic E-state index is 13.0. The molecule has 3 N–H and O–H groups in total. The van der Waals surface area contributed by atoms with E-state index in [0.29, 0.717) is 17.8 Å². The third kappa shape index (κ3) is 7.78. The molecule has 0 bridgehead atoms. The van der Waals surface area contributed by atoms with Gasteiger partial charge in [0.2, 0.25) is 0 Å². The average Bonchev–Trinajstić information content (AvgIpc) is 2.58. The Morgan fingerprint density at radius 3 is 2.37 bits per heavy atom. The Hall–Kier alpha value is -2.41. The van der Waals surface area contributed by atoms with Gasteiger partial charge in [-0.05, 0) is 37.4 Å². The first-order valence-corrected chi connectivity index (χ1v) is 8.98. The van der Waals surface area contributed by atoms with E-state index in [9.17, 15) is 19.5 Å². The molecule has 0 saturated carbocycles. The summed E-state index contributed by atoms with van der Waals surface area (Å²) in [7, 11) is 1.29. The van der Waals surface area contributed by atoms with E-state index in [4.69, 9.17) is 4.74 Å². The van der Waals surface area contributed by atoms with Crippen LogP contribution >= 0.6 is 0 Å². The number of benzene rings is 1. The molecule has 2 atom stereocenters. The van der Waals surface area contributed by atoms with E-state index in [1.807, 2.05) is 0 Å². The van der Waals surface area contributed by atoms with Gasteiger partial charge in [-0.25, -0.2) is 4.79 Å². The third-order valence-electron chi connectivity index (χ3n) is 4.08. The molecule has 1 rings (SSSR count). The number of carbonyl (C=O) groups excluding carboxylic acids is 2. The van der Waals surface area contributed by atoms with Crippen molar-refractivity contribution in [2.24, 2.45) is 5.41 Å². The molecule has 1 unspecified atom stereocenters. The lowest BCUT2D eigenvalue weighted by Gasteiger charge is -2.22. The van der Waals surface area contributed by atoms with Gasteiger partial charge in [0.1, 0.15) is 6.04 Å². The molecule has 0 aromatic heterocycles. The van der Waals surface area contributed by atoms with E-state index in [1.165, 1.54) is 7.11 Å². The standard InChI is InChI=1S/C20H30N2O5/c1-13(19(26)27-5)22-15-9-7-6-8-14(15)18(25)16(12-17(23)24)21-11-10-20(2,3)4/h6-9,13,16,21-22H,10-12H2,1-5H3,(H,23,24)/t13?,16-/m0/s1. The maximum atomic E-state index is 13.0. The first-order valence-electron chi connectivity index (χ1n) is 8.98. The number of methoxy groups -OCH3 is 1. The second-order valence-corrected chi connectivity index (χ2v) is 7.71. The van der Waals surface area contributed by atoms with Crippen LogP contribution in [0, 0.1) is 5.41 Å². The van der Waals surface area contributed by atoms with E-state index in [-0.39, 0.29) is 17.6 Å². The van der Waals surface area contributed by atoms with E-state index in [2.05, 4.69) is 31.4 Å². The summed E-state index contributed by atoms with van der Waals surface area (Å²) in [5.41, 5.74) is 0.871. The molecule has 0 aliphatic carbocycles. The Kier molecular flexibility index (Phi) is 8.43. The number of nitrogens with one attached hydrogen (secondary N) is 2. The van der Waals surface area contributed by atoms with Crippen LogP contribution < -0.4 is 10.6 Å². The number of esters is 1. The number of hydrogen-bond donors (Lipinski definition) is 3. The first kappa shape index (κ1) is 22.6. The number of anilines is 1. The Labute approximate surface area is 160 Å². The highest BCUT2D eigenvalue weighted by molar-refractivity contribution is 6.06. The second-order valence-electron chi connectivity index (χ2n) is 7.71. The molecular weight excluding hydrogens is 348 g/mol. The Morgan fingerprint density at radius 2 is 1.81 bits per heavy atom. The summed E-state index contributed by atoms with van der Waals surface area (Å²) in [6.45, 7) is 8.40. The Bertz CT molecular complexity index is 667. The summed E-state index contributed by atoms with van der Waals surface area (Å²) in [5.74, 6) is -1.83. The molecule has 27 heavy (non-hydrogen) atoms. The molecule has 7 heteroatoms. The Balaban J connectivity index is 3.00. The van der Waals surface area contributed by atoms with Gasteiger partial charge in [-0.15, -0.1) is 0 Å². The maximum Gasteiger partial charge on any atom is 0.327 e. The van der Waals surface area contributed by atoms with Crippen molar-refractivity contribution < 1.29 is 24.2 Å². The van der Waals surface area contributed by atoms with Crippen molar-refractivity contribution in [2.45, 2.75) is 52.6 Å². The zero-order chi connectivity index (χ0) is 20.6. The van der Waals surface area contributed by atoms with E-state index >= 15 is 0 Å². The molecule has 0 amide bonds. The van der Waals surface area contributed by atoms with Crippen molar-refractivity contribution in [1.29, 1.82) is 0 Å². The fourth-order valence-electron chi connectivity index (χ4n) is 2.53. The quantitative estimate of drug-likeness (QED) is 0.425. The molecule has 0 radical (unpaired) electrons. The molecule has 0 saturated heterocycles. The van der Waals surface area contributed by atoms with Crippen molar-refractivity contribution in [1.82, 2.24) is 5.32 Å². The fraction of sp³-hybridized carbons (Fsp3) is 0.550. The number of para-hydroxylation sites is 1. The van der Waals surface area contributed by atoms with Crippen LogP contribution in [0.4, 0.5) is 5.69 Å². The van der Waals surface area contributed by atoms with Gasteiger partial charge in [-0.1, -0.05) is 32.9 Å². The van der Waals surface area contributed by atoms with Crippen molar-refractivity contribution in [2.75, 3.05) is 19.0 Å². The molecule has 0 fully saturated rings. The number of carboxylic acid groups (broad SMARTS) is 1. The summed E-state index contributed by atoms with van der Waals surface area (Å²) in [6, 6.07) is 5.25. The lowest BCUT2D eigenvalue weighted by atomic mass is 9.92. The van der Waals surface area contributed by atoms with Gasteiger partial charge >= 0.3 is 11.9 Å². The summed E-state index contributed by atoms with van der Waals surface area (Å²) in [5, 5.41) is 15.2. The first-order chi connectivity index (χ1) is 12.5. The van der Waals surface area contributed by atoms with Gasteiger partial charge in [0.05, 0.1) is 19.6 Å². The molecular formula is C20H30N2O5. The second kappa shape index (κ2) is 10.1. The number of aliphatic carboxylic acids is 1. The lowest BCUT2D eigenvalue weighted by molar-refractivity contribution is -0.141. The number of rotatable bonds is 10. The zero-order valence-electron chi connectivity index (χ0n) is 16.7. The van der Waals surface area contributed by atoms with Gasteiger partial charge in [-0.2, -0.15) is 0 Å². The predicted octanol–water partition coefficient (Wildman–Crippen LogP) is 2.71. The predicted molar refractivity (Wildman–Crippen MR) is 104 cm³/mol. The van der Waals surface area contributed by atoms with Crippen LogP contribution in [0.15, 0.2) is 24.3 Å². The molecule has 150 valence electrons. The van der Waals surface area contributed by atoms with Crippen LogP contribution in [-0.4, -0.2) is 48.6 Å². The van der Waals surface area contributed by atoms with Gasteiger partial charge in [0, 0.05) is 11.3 Å². The third-order valence-corrected chi connectivity index (χ3v) is 4.08. The number of carbonyl (C=O) groups is 3. The number of ether oxygens (including phenoxy) is 1. The van der Waals surface area contributed by atoms with Crippen LogP contribution in [0.1, 0.15) is 50.9 Å². The summed E-state index contributed by atoms with van der Waals surface area (Å²) in [4.78, 5) is 35.9. The molecule has 1 aromatic rings. The van der Waals surface area contributed by atoms with Gasteiger partial charge in [-0.3, -0.25) is 9.59 Å². The number of carboxylic acids is 1. The number of ketones is 1. The van der Waals surface area contributed by atoms with Crippen molar-refractivity contribution in [3.8, 4) is 0 Å². The van der Waals surface area contributed by atoms with Crippen LogP contribution in [-0.2, 0) is 14.3 Å². The average molecular weight is 378 g/mol. The molecule has 7 nitrogen and oxygen atoms in total. The highest BCUT2D eigenvalue weighted by Gasteiger charge is 2.26. The number of Topliss-reactive ketones (excluding diaryl/α,β-unsaturated/α-hetero) is 1. The molecule has 1 aromatic carbocycles. The van der Waals surface area contributed by atoms with Crippen LogP contribution in [0.3, 0.4) is 0 Å². The lowest BCUT2D eigenvalue weighted by Crippen LogP contribution is -2.40. The van der Waals surface area contributed by atoms with Crippen molar-refractivity contribution in [3.05, 3.63) is 29.8 Å². The molecule has 0 aliphatic heterocycles. The van der Waals surface area contributed by atoms with Crippen LogP contribution in [0.2, 0.25) is 0 Å². The normalized spacial score (nSPS) is 13.5. The van der Waals surface area contributed by atoms with Gasteiger partial charge in [0.15, 0.2) is 5.78 Å². The van der Waals surface area contributed by atoms with Crippen molar-refractivity contribution in [3.63, 3.8) is 0 Å². The van der Waals surface area contributed by atoms with E-state index < -0.39 is 24.0 Å². The summed E-state index contributed by atoms with van der Waals surface area (Å²) >= 11 is 0. The Morgan fingerprint density at radius 1 is 1.19 bits per heavy atom. The van der Waals surface area contributed by atoms with Crippen molar-refractivity contribution >= 4 is 23.4 Å². The summed E-state index contributed by atoms with van der Waals surface area (Å²) < 4.78 is 4.69. The van der Waals surface area contributed by atoms with Crippen LogP contribution in [0.25, 0.3) is 0 Å². The molecule has 0 heterocycles. The minimum atomic E-state index is -1.05. The highest BCUT2D eigenvalue weighted by atomic mass is 16.5. The monoisotopic (exact) mass is 378 g/mol. The van der Waals surface area contributed by atoms with Crippen LogP contribution in [0.5, 0.6) is 0 Å². The van der Waals surface area contributed by atoms with Gasteiger partial charge in [0.25, 0.3) is 0 Å². The smallest absolute Gasteiger partial charge is 0.327 e. The minimum absolute atomic E-state index is 0.0687.